The Bertz CT molecular complexity index is 1590. The molecule has 2 heterocycles. The number of aryl methyl sites for hydroxylation is 1. The summed E-state index contributed by atoms with van der Waals surface area (Å²) in [5.74, 6) is 2.50. The highest BCUT2D eigenvalue weighted by Crippen LogP contribution is 2.34. The van der Waals surface area contributed by atoms with E-state index >= 15 is 0 Å². The molecule has 0 fully saturated rings. The number of benzene rings is 2. The second-order valence-electron chi connectivity index (χ2n) is 8.01. The second-order valence-corrected chi connectivity index (χ2v) is 10.8. The quantitative estimate of drug-likeness (QED) is 0.294. The van der Waals surface area contributed by atoms with Gasteiger partial charge in [-0.25, -0.2) is 9.79 Å². The van der Waals surface area contributed by atoms with Gasteiger partial charge in [-0.05, 0) is 60.5 Å². The van der Waals surface area contributed by atoms with Crippen LogP contribution in [-0.2, 0) is 9.53 Å². The van der Waals surface area contributed by atoms with E-state index < -0.39 is 12.0 Å². The number of terminal acetylenes is 1. The molecule has 0 N–H and O–H groups in total. The monoisotopic (exact) mass is 628 g/mol. The van der Waals surface area contributed by atoms with Crippen molar-refractivity contribution >= 4 is 55.2 Å². The molecule has 0 amide bonds. The molecule has 1 atom stereocenters. The van der Waals surface area contributed by atoms with E-state index in [0.717, 1.165) is 15.6 Å². The average Bonchev–Trinajstić information content (AvgIpc) is 3.12. The molecule has 0 unspecified atom stereocenters. The van der Waals surface area contributed by atoms with E-state index in [1.54, 1.807) is 24.5 Å². The lowest BCUT2D eigenvalue weighted by atomic mass is 9.95. The molecule has 0 radical (unpaired) electrons. The zero-order chi connectivity index (χ0) is 26.0. The number of esters is 1. The number of carbonyl (C=O) groups excluding carboxylic acids is 1. The van der Waals surface area contributed by atoms with Gasteiger partial charge in [-0.15, -0.1) is 6.42 Å². The van der Waals surface area contributed by atoms with Crippen molar-refractivity contribution in [2.45, 2.75) is 26.8 Å². The van der Waals surface area contributed by atoms with Crippen LogP contribution in [0.1, 0.15) is 36.6 Å². The minimum absolute atomic E-state index is 0.0812. The van der Waals surface area contributed by atoms with Crippen molar-refractivity contribution in [3.63, 3.8) is 0 Å². The Labute approximate surface area is 229 Å². The first-order valence-electron chi connectivity index (χ1n) is 11.1. The first-order valence-corrected chi connectivity index (χ1v) is 13.5. The van der Waals surface area contributed by atoms with Crippen molar-refractivity contribution < 1.29 is 14.3 Å². The highest BCUT2D eigenvalue weighted by molar-refractivity contribution is 9.11. The Hall–Kier alpha value is -2.93. The molecule has 0 bridgehead atoms. The molecule has 4 rings (SSSR count). The Morgan fingerprint density at radius 1 is 1.25 bits per heavy atom. The average molecular weight is 630 g/mol. The maximum absolute atomic E-state index is 13.8. The minimum Gasteiger partial charge on any atom is -0.479 e. The van der Waals surface area contributed by atoms with Gasteiger partial charge in [0.1, 0.15) is 12.4 Å². The number of fused-ring (bicyclic) bond motifs is 1. The minimum atomic E-state index is -0.658. The first-order chi connectivity index (χ1) is 17.2. The van der Waals surface area contributed by atoms with Crippen molar-refractivity contribution in [2.24, 2.45) is 4.99 Å². The summed E-state index contributed by atoms with van der Waals surface area (Å²) in [6.07, 6.45) is 7.14. The lowest BCUT2D eigenvalue weighted by molar-refractivity contribution is -0.139. The number of carbonyl (C=O) groups is 1. The van der Waals surface area contributed by atoms with E-state index in [-0.39, 0.29) is 18.8 Å². The van der Waals surface area contributed by atoms with Gasteiger partial charge in [-0.2, -0.15) is 0 Å². The number of allylic oxidation sites excluding steroid dienone is 1. The maximum Gasteiger partial charge on any atom is 0.338 e. The third-order valence-electron chi connectivity index (χ3n) is 5.53. The first kappa shape index (κ1) is 26.1. The van der Waals surface area contributed by atoms with Gasteiger partial charge in [0.25, 0.3) is 5.56 Å². The summed E-state index contributed by atoms with van der Waals surface area (Å²) in [6, 6.07) is 10.8. The van der Waals surface area contributed by atoms with E-state index in [1.165, 1.54) is 11.3 Å². The smallest absolute Gasteiger partial charge is 0.338 e. The normalized spacial score (nSPS) is 15.2. The van der Waals surface area contributed by atoms with E-state index in [2.05, 4.69) is 42.8 Å². The van der Waals surface area contributed by atoms with Crippen molar-refractivity contribution in [3.8, 4) is 18.1 Å². The zero-order valence-electron chi connectivity index (χ0n) is 19.8. The standard InChI is InChI=1S/C27H22Br2N2O4S/c1-5-11-35-24-18(12-19(28)14-20(24)29)13-21-25(32)31-23(17-9-7-15(3)8-10-17)22(26(33)34-6-2)16(4)30-27(31)36-21/h1,7-10,12-14,23H,6,11H2,2-4H3/b21-13-/t23-/m0/s1. The highest BCUT2D eigenvalue weighted by Gasteiger charge is 2.33. The van der Waals surface area contributed by atoms with Gasteiger partial charge in [0.15, 0.2) is 4.80 Å². The van der Waals surface area contributed by atoms with Gasteiger partial charge in [0.2, 0.25) is 0 Å². The molecule has 2 aromatic carbocycles. The number of hydrogen-bond acceptors (Lipinski definition) is 6. The maximum atomic E-state index is 13.8. The van der Waals surface area contributed by atoms with Crippen molar-refractivity contribution in [2.75, 3.05) is 13.2 Å². The molecular formula is C27H22Br2N2O4S. The van der Waals surface area contributed by atoms with Gasteiger partial charge in [-0.1, -0.05) is 63.0 Å². The lowest BCUT2D eigenvalue weighted by Gasteiger charge is -2.24. The van der Waals surface area contributed by atoms with Gasteiger partial charge in [0, 0.05) is 10.0 Å². The predicted octanol–water partition coefficient (Wildman–Crippen LogP) is 4.64. The molecule has 3 aromatic rings. The Kier molecular flexibility index (Phi) is 7.98. The molecule has 1 aliphatic rings. The fraction of sp³-hybridized carbons (Fsp3) is 0.222. The number of hydrogen-bond donors (Lipinski definition) is 0. The number of ether oxygens (including phenoxy) is 2. The molecule has 0 spiro atoms. The van der Waals surface area contributed by atoms with Crippen molar-refractivity contribution in [1.82, 2.24) is 4.57 Å². The van der Waals surface area contributed by atoms with Crippen LogP contribution in [0.5, 0.6) is 5.75 Å². The summed E-state index contributed by atoms with van der Waals surface area (Å²) in [7, 11) is 0. The molecule has 0 saturated carbocycles. The van der Waals surface area contributed by atoms with Crippen molar-refractivity contribution in [3.05, 3.63) is 93.0 Å². The second kappa shape index (κ2) is 11.0. The number of rotatable bonds is 6. The summed E-state index contributed by atoms with van der Waals surface area (Å²) in [5.41, 5.74) is 3.15. The summed E-state index contributed by atoms with van der Waals surface area (Å²) >= 11 is 8.25. The van der Waals surface area contributed by atoms with Crippen LogP contribution in [-0.4, -0.2) is 23.8 Å². The van der Waals surface area contributed by atoms with Gasteiger partial charge < -0.3 is 9.47 Å². The fourth-order valence-electron chi connectivity index (χ4n) is 3.95. The van der Waals surface area contributed by atoms with E-state index in [0.29, 0.717) is 36.4 Å². The molecule has 6 nitrogen and oxygen atoms in total. The predicted molar refractivity (Wildman–Crippen MR) is 148 cm³/mol. The summed E-state index contributed by atoms with van der Waals surface area (Å²) in [6.45, 7) is 5.80. The highest BCUT2D eigenvalue weighted by atomic mass is 79.9. The Morgan fingerprint density at radius 2 is 1.97 bits per heavy atom. The van der Waals surface area contributed by atoms with E-state index in [4.69, 9.17) is 15.9 Å². The lowest BCUT2D eigenvalue weighted by Crippen LogP contribution is -2.39. The fourth-order valence-corrected chi connectivity index (χ4v) is 6.36. The van der Waals surface area contributed by atoms with Gasteiger partial charge in [-0.3, -0.25) is 9.36 Å². The van der Waals surface area contributed by atoms with Crippen LogP contribution in [0.2, 0.25) is 0 Å². The number of aromatic nitrogens is 1. The molecule has 1 aromatic heterocycles. The number of halogens is 2. The SMILES string of the molecule is C#CCOc1c(Br)cc(Br)cc1/C=c1\sc2n(c1=O)[C@@H](c1ccc(C)cc1)C(C(=O)OCC)=C(C)N=2. The van der Waals surface area contributed by atoms with Gasteiger partial charge in [0.05, 0.1) is 32.9 Å². The Balaban J connectivity index is 1.96. The van der Waals surface area contributed by atoms with Crippen LogP contribution in [0.15, 0.2) is 66.4 Å². The number of thiazole rings is 1. The molecule has 0 saturated heterocycles. The number of nitrogens with zero attached hydrogens (tertiary/aromatic N) is 2. The van der Waals surface area contributed by atoms with Crippen molar-refractivity contribution in [1.29, 1.82) is 0 Å². The molecule has 184 valence electrons. The van der Waals surface area contributed by atoms with Crippen LogP contribution in [0, 0.1) is 19.3 Å². The van der Waals surface area contributed by atoms with Crippen LogP contribution >= 0.6 is 43.2 Å². The van der Waals surface area contributed by atoms with Crippen LogP contribution in [0.25, 0.3) is 6.08 Å². The topological polar surface area (TPSA) is 69.9 Å². The molecule has 36 heavy (non-hydrogen) atoms. The molecule has 1 aliphatic heterocycles. The molecular weight excluding hydrogens is 608 g/mol. The van der Waals surface area contributed by atoms with E-state index in [1.807, 2.05) is 43.3 Å². The summed E-state index contributed by atoms with van der Waals surface area (Å²) in [5, 5.41) is 0. The third-order valence-corrected chi connectivity index (χ3v) is 7.56. The van der Waals surface area contributed by atoms with E-state index in [9.17, 15) is 9.59 Å². The summed E-state index contributed by atoms with van der Waals surface area (Å²) in [4.78, 5) is 31.9. The Morgan fingerprint density at radius 3 is 2.64 bits per heavy atom. The van der Waals surface area contributed by atoms with Gasteiger partial charge >= 0.3 is 5.97 Å². The van der Waals surface area contributed by atoms with Crippen LogP contribution in [0.4, 0.5) is 0 Å². The summed E-state index contributed by atoms with van der Waals surface area (Å²) < 4.78 is 14.6. The molecule has 0 aliphatic carbocycles. The zero-order valence-corrected chi connectivity index (χ0v) is 23.8. The third kappa shape index (κ3) is 5.12. The molecule has 9 heteroatoms. The van der Waals surface area contributed by atoms with Crippen LogP contribution < -0.4 is 19.6 Å². The van der Waals surface area contributed by atoms with Crippen LogP contribution in [0.3, 0.4) is 0 Å². The largest absolute Gasteiger partial charge is 0.479 e.